The topological polar surface area (TPSA) is 69.8 Å². The number of hydrogen-bond donors (Lipinski definition) is 3. The summed E-state index contributed by atoms with van der Waals surface area (Å²) in [4.78, 5) is 20.8. The van der Waals surface area contributed by atoms with Gasteiger partial charge in [-0.3, -0.25) is 4.79 Å². The third-order valence-corrected chi connectivity index (χ3v) is 6.51. The molecule has 5 aromatic rings. The number of aryl methyl sites for hydroxylation is 1. The van der Waals surface area contributed by atoms with Crippen molar-refractivity contribution in [2.24, 2.45) is 0 Å². The maximum Gasteiger partial charge on any atom is 0.257 e. The van der Waals surface area contributed by atoms with Crippen LogP contribution in [0.15, 0.2) is 103 Å². The van der Waals surface area contributed by atoms with E-state index in [1.54, 1.807) is 0 Å². The predicted octanol–water partition coefficient (Wildman–Crippen LogP) is 8.09. The molecular formula is C31H26N4OS. The van der Waals surface area contributed by atoms with Crippen molar-refractivity contribution in [1.29, 1.82) is 0 Å². The molecule has 5 nitrogen and oxygen atoms in total. The van der Waals surface area contributed by atoms with Crippen molar-refractivity contribution in [3.05, 3.63) is 125 Å². The number of hydrogen-bond acceptors (Lipinski definition) is 4. The molecule has 0 fully saturated rings. The number of nitrogens with one attached hydrogen (secondary N) is 3. The average molecular weight is 503 g/mol. The van der Waals surface area contributed by atoms with Gasteiger partial charge >= 0.3 is 0 Å². The molecular weight excluding hydrogens is 476 g/mol. The van der Waals surface area contributed by atoms with Gasteiger partial charge in [-0.05, 0) is 79.2 Å². The van der Waals surface area contributed by atoms with Gasteiger partial charge in [0.05, 0.1) is 16.9 Å². The van der Waals surface area contributed by atoms with Crippen molar-refractivity contribution in [1.82, 2.24) is 9.97 Å². The summed E-state index contributed by atoms with van der Waals surface area (Å²) >= 11 is 5.37. The van der Waals surface area contributed by atoms with Crippen LogP contribution in [0.3, 0.4) is 0 Å². The molecule has 6 heteroatoms. The first kappa shape index (κ1) is 24.2. The standard InChI is InChI=1S/C31H26N4OS/c1-20-9-8-14-26(21(20)2)33-27-13-7-6-12-25(27)30(36)32-24-17-15-23(16-18-24)29-19-28(34-31(37)35-29)22-10-4-3-5-11-22/h3-19,33H,1-2H3,(H,32,36)(H,34,35,37). The van der Waals surface area contributed by atoms with E-state index < -0.39 is 0 Å². The molecule has 1 amide bonds. The normalized spacial score (nSPS) is 10.6. The highest BCUT2D eigenvalue weighted by molar-refractivity contribution is 7.71. The predicted molar refractivity (Wildman–Crippen MR) is 154 cm³/mol. The minimum absolute atomic E-state index is 0.184. The Morgan fingerprint density at radius 2 is 1.49 bits per heavy atom. The Labute approximate surface area is 221 Å². The molecule has 4 aromatic carbocycles. The molecule has 0 aliphatic carbocycles. The zero-order chi connectivity index (χ0) is 25.8. The summed E-state index contributed by atoms with van der Waals surface area (Å²) in [6.07, 6.45) is 0. The number of anilines is 3. The van der Waals surface area contributed by atoms with Crippen LogP contribution in [0, 0.1) is 18.6 Å². The monoisotopic (exact) mass is 502 g/mol. The second-order valence-electron chi connectivity index (χ2n) is 8.80. The van der Waals surface area contributed by atoms with E-state index in [0.717, 1.165) is 39.5 Å². The first-order chi connectivity index (χ1) is 18.0. The number of carbonyl (C=O) groups is 1. The second kappa shape index (κ2) is 10.6. The first-order valence-electron chi connectivity index (χ1n) is 12.0. The fourth-order valence-electron chi connectivity index (χ4n) is 4.12. The van der Waals surface area contributed by atoms with E-state index in [2.05, 4.69) is 40.5 Å². The molecule has 0 unspecified atom stereocenters. The van der Waals surface area contributed by atoms with E-state index in [1.807, 2.05) is 97.1 Å². The van der Waals surface area contributed by atoms with E-state index in [4.69, 9.17) is 12.2 Å². The SMILES string of the molecule is Cc1cccc(Nc2ccccc2C(=O)Nc2ccc(-c3cc(-c4ccccc4)nc(=S)[nH]3)cc2)c1C. The largest absolute Gasteiger partial charge is 0.355 e. The van der Waals surface area contributed by atoms with Crippen molar-refractivity contribution >= 4 is 35.2 Å². The molecule has 0 radical (unpaired) electrons. The molecule has 1 aromatic heterocycles. The summed E-state index contributed by atoms with van der Waals surface area (Å²) in [5.41, 5.74) is 8.96. The van der Waals surface area contributed by atoms with Crippen molar-refractivity contribution in [3.8, 4) is 22.5 Å². The smallest absolute Gasteiger partial charge is 0.257 e. The fourth-order valence-corrected chi connectivity index (χ4v) is 4.33. The highest BCUT2D eigenvalue weighted by Crippen LogP contribution is 2.27. The minimum atomic E-state index is -0.184. The number of amides is 1. The fraction of sp³-hybridized carbons (Fsp3) is 0.0645. The van der Waals surface area contributed by atoms with Crippen LogP contribution in [0.5, 0.6) is 0 Å². The lowest BCUT2D eigenvalue weighted by molar-refractivity contribution is 0.102. The Morgan fingerprint density at radius 3 is 2.27 bits per heavy atom. The summed E-state index contributed by atoms with van der Waals surface area (Å²) in [7, 11) is 0. The zero-order valence-corrected chi connectivity index (χ0v) is 21.4. The van der Waals surface area contributed by atoms with Gasteiger partial charge in [0.25, 0.3) is 5.91 Å². The lowest BCUT2D eigenvalue weighted by Gasteiger charge is -2.15. The second-order valence-corrected chi connectivity index (χ2v) is 9.19. The summed E-state index contributed by atoms with van der Waals surface area (Å²) < 4.78 is 0.418. The Bertz CT molecular complexity index is 1630. The van der Waals surface area contributed by atoms with E-state index in [0.29, 0.717) is 16.0 Å². The van der Waals surface area contributed by atoms with Gasteiger partial charge < -0.3 is 15.6 Å². The maximum atomic E-state index is 13.2. The third-order valence-electron chi connectivity index (χ3n) is 6.31. The van der Waals surface area contributed by atoms with Crippen LogP contribution in [0.4, 0.5) is 17.1 Å². The van der Waals surface area contributed by atoms with E-state index in [1.165, 1.54) is 5.56 Å². The Balaban J connectivity index is 1.36. The third kappa shape index (κ3) is 5.50. The zero-order valence-electron chi connectivity index (χ0n) is 20.6. The number of para-hydroxylation sites is 1. The van der Waals surface area contributed by atoms with Crippen molar-refractivity contribution in [3.63, 3.8) is 0 Å². The molecule has 0 atom stereocenters. The quantitative estimate of drug-likeness (QED) is 0.205. The van der Waals surface area contributed by atoms with Gasteiger partial charge in [0.1, 0.15) is 0 Å². The van der Waals surface area contributed by atoms with Crippen molar-refractivity contribution < 1.29 is 4.79 Å². The van der Waals surface area contributed by atoms with Crippen molar-refractivity contribution in [2.45, 2.75) is 13.8 Å². The molecule has 0 bridgehead atoms. The maximum absolute atomic E-state index is 13.2. The molecule has 5 rings (SSSR count). The van der Waals surface area contributed by atoms with E-state index in [9.17, 15) is 4.79 Å². The van der Waals surface area contributed by atoms with Crippen LogP contribution < -0.4 is 10.6 Å². The van der Waals surface area contributed by atoms with Gasteiger partial charge in [-0.25, -0.2) is 4.98 Å². The molecule has 0 aliphatic rings. The van der Waals surface area contributed by atoms with Gasteiger partial charge in [-0.2, -0.15) is 0 Å². The average Bonchev–Trinajstić information content (AvgIpc) is 2.92. The summed E-state index contributed by atoms with van der Waals surface area (Å²) in [5.74, 6) is -0.184. The number of benzene rings is 4. The van der Waals surface area contributed by atoms with Crippen LogP contribution in [-0.4, -0.2) is 15.9 Å². The number of aromatic amines is 1. The Hall–Kier alpha value is -4.55. The molecule has 0 saturated heterocycles. The van der Waals surface area contributed by atoms with E-state index in [-0.39, 0.29) is 5.91 Å². The van der Waals surface area contributed by atoms with Gasteiger partial charge in [0.15, 0.2) is 4.77 Å². The first-order valence-corrected chi connectivity index (χ1v) is 12.4. The molecule has 1 heterocycles. The van der Waals surface area contributed by atoms with Crippen LogP contribution in [0.2, 0.25) is 0 Å². The minimum Gasteiger partial charge on any atom is -0.355 e. The molecule has 0 saturated carbocycles. The molecule has 3 N–H and O–H groups in total. The summed E-state index contributed by atoms with van der Waals surface area (Å²) in [5, 5.41) is 6.44. The Morgan fingerprint density at radius 1 is 0.784 bits per heavy atom. The number of carbonyl (C=O) groups excluding carboxylic acids is 1. The van der Waals surface area contributed by atoms with Gasteiger partial charge in [0.2, 0.25) is 0 Å². The van der Waals surface area contributed by atoms with Gasteiger partial charge in [-0.1, -0.05) is 66.7 Å². The number of aromatic nitrogens is 2. The van der Waals surface area contributed by atoms with E-state index >= 15 is 0 Å². The summed E-state index contributed by atoms with van der Waals surface area (Å²) in [6, 6.07) is 33.2. The van der Waals surface area contributed by atoms with Crippen LogP contribution in [-0.2, 0) is 0 Å². The van der Waals surface area contributed by atoms with Crippen LogP contribution >= 0.6 is 12.2 Å². The van der Waals surface area contributed by atoms with Gasteiger partial charge in [0, 0.05) is 22.6 Å². The molecule has 37 heavy (non-hydrogen) atoms. The highest BCUT2D eigenvalue weighted by atomic mass is 32.1. The lowest BCUT2D eigenvalue weighted by Crippen LogP contribution is -2.14. The van der Waals surface area contributed by atoms with Gasteiger partial charge in [-0.15, -0.1) is 0 Å². The highest BCUT2D eigenvalue weighted by Gasteiger charge is 2.13. The number of H-pyrrole nitrogens is 1. The molecule has 0 aliphatic heterocycles. The lowest BCUT2D eigenvalue weighted by atomic mass is 10.1. The number of rotatable bonds is 6. The molecule has 0 spiro atoms. The van der Waals surface area contributed by atoms with Crippen molar-refractivity contribution in [2.75, 3.05) is 10.6 Å². The van der Waals surface area contributed by atoms with Crippen LogP contribution in [0.1, 0.15) is 21.5 Å². The molecule has 182 valence electrons. The Kier molecular flexibility index (Phi) is 6.92. The number of nitrogens with zero attached hydrogens (tertiary/aromatic N) is 1. The van der Waals surface area contributed by atoms with Crippen LogP contribution in [0.25, 0.3) is 22.5 Å². The summed E-state index contributed by atoms with van der Waals surface area (Å²) in [6.45, 7) is 4.14.